The summed E-state index contributed by atoms with van der Waals surface area (Å²) in [5.74, 6) is 0.118. The Hall–Kier alpha value is -1.38. The van der Waals surface area contributed by atoms with Gasteiger partial charge in [-0.05, 0) is 65.5 Å². The van der Waals surface area contributed by atoms with Crippen molar-refractivity contribution in [2.45, 2.75) is 64.6 Å². The van der Waals surface area contributed by atoms with Crippen molar-refractivity contribution in [2.75, 3.05) is 26.2 Å². The van der Waals surface area contributed by atoms with Crippen LogP contribution in [0.15, 0.2) is 0 Å². The Morgan fingerprint density at radius 1 is 1.15 bits per heavy atom. The van der Waals surface area contributed by atoms with E-state index in [0.29, 0.717) is 12.5 Å². The van der Waals surface area contributed by atoms with Crippen LogP contribution in [-0.4, -0.2) is 67.0 Å². The summed E-state index contributed by atoms with van der Waals surface area (Å²) in [6, 6.07) is -0.904. The molecule has 2 rings (SSSR count). The van der Waals surface area contributed by atoms with E-state index in [1.165, 1.54) is 0 Å². The highest BCUT2D eigenvalue weighted by Crippen LogP contribution is 2.18. The van der Waals surface area contributed by atoms with Gasteiger partial charge in [-0.15, -0.1) is 12.4 Å². The number of carbonyl (C=O) groups excluding carboxylic acids is 3. The van der Waals surface area contributed by atoms with Gasteiger partial charge in [0, 0.05) is 19.1 Å². The average molecular weight is 404 g/mol. The minimum Gasteiger partial charge on any atom is -0.354 e. The molecule has 2 fully saturated rings. The van der Waals surface area contributed by atoms with Crippen molar-refractivity contribution in [3.63, 3.8) is 0 Å². The summed E-state index contributed by atoms with van der Waals surface area (Å²) in [6.07, 6.45) is 3.97. The molecule has 2 aliphatic heterocycles. The molecule has 2 aliphatic rings. The lowest BCUT2D eigenvalue weighted by Crippen LogP contribution is -2.53. The molecule has 0 radical (unpaired) electrons. The fourth-order valence-electron chi connectivity index (χ4n) is 3.57. The Bertz CT molecular complexity index is 511. The van der Waals surface area contributed by atoms with Crippen molar-refractivity contribution in [1.82, 2.24) is 26.2 Å². The highest BCUT2D eigenvalue weighted by Gasteiger charge is 2.29. The number of amides is 4. The van der Waals surface area contributed by atoms with Crippen LogP contribution in [0.4, 0.5) is 4.79 Å². The Kier molecular flexibility index (Phi) is 10.0. The monoisotopic (exact) mass is 403 g/mol. The lowest BCUT2D eigenvalue weighted by molar-refractivity contribution is -0.126. The first-order valence-electron chi connectivity index (χ1n) is 9.73. The quantitative estimate of drug-likeness (QED) is 0.520. The number of nitrogens with one attached hydrogen (secondary N) is 4. The van der Waals surface area contributed by atoms with Crippen molar-refractivity contribution < 1.29 is 14.4 Å². The van der Waals surface area contributed by atoms with Crippen LogP contribution in [0.5, 0.6) is 0 Å². The van der Waals surface area contributed by atoms with E-state index in [4.69, 9.17) is 0 Å². The van der Waals surface area contributed by atoms with E-state index in [9.17, 15) is 14.4 Å². The van der Waals surface area contributed by atoms with Gasteiger partial charge in [-0.25, -0.2) is 4.79 Å². The third-order valence-corrected chi connectivity index (χ3v) is 5.08. The van der Waals surface area contributed by atoms with Crippen LogP contribution >= 0.6 is 12.4 Å². The van der Waals surface area contributed by atoms with Gasteiger partial charge in [-0.2, -0.15) is 0 Å². The highest BCUT2D eigenvalue weighted by atomic mass is 35.5. The number of rotatable bonds is 6. The van der Waals surface area contributed by atoms with Crippen LogP contribution < -0.4 is 21.3 Å². The molecule has 0 saturated carbocycles. The topological polar surface area (TPSA) is 103 Å². The van der Waals surface area contributed by atoms with Gasteiger partial charge in [-0.3, -0.25) is 19.8 Å². The number of nitrogens with zero attached hydrogens (tertiary/aromatic N) is 1. The molecule has 0 bridgehead atoms. The molecular weight excluding hydrogens is 370 g/mol. The van der Waals surface area contributed by atoms with Gasteiger partial charge in [0.15, 0.2) is 0 Å². The molecule has 0 aromatic heterocycles. The first-order valence-corrected chi connectivity index (χ1v) is 9.73. The lowest BCUT2D eigenvalue weighted by Gasteiger charge is -2.36. The van der Waals surface area contributed by atoms with E-state index in [1.54, 1.807) is 0 Å². The summed E-state index contributed by atoms with van der Waals surface area (Å²) in [6.45, 7) is 8.63. The van der Waals surface area contributed by atoms with Gasteiger partial charge in [0.2, 0.25) is 11.8 Å². The van der Waals surface area contributed by atoms with E-state index in [0.717, 1.165) is 45.3 Å². The van der Waals surface area contributed by atoms with Gasteiger partial charge in [0.05, 0.1) is 12.1 Å². The van der Waals surface area contributed by atoms with Crippen molar-refractivity contribution in [1.29, 1.82) is 0 Å². The van der Waals surface area contributed by atoms with E-state index in [-0.39, 0.29) is 42.3 Å². The van der Waals surface area contributed by atoms with Crippen molar-refractivity contribution in [3.05, 3.63) is 0 Å². The largest absolute Gasteiger partial charge is 0.354 e. The van der Waals surface area contributed by atoms with Crippen molar-refractivity contribution in [3.8, 4) is 0 Å². The second-order valence-electron chi connectivity index (χ2n) is 7.69. The molecule has 4 amide bonds. The molecule has 156 valence electrons. The van der Waals surface area contributed by atoms with Gasteiger partial charge in [0.25, 0.3) is 0 Å². The van der Waals surface area contributed by atoms with Gasteiger partial charge >= 0.3 is 6.03 Å². The summed E-state index contributed by atoms with van der Waals surface area (Å²) in [7, 11) is 0. The fraction of sp³-hybridized carbons (Fsp3) is 0.833. The van der Waals surface area contributed by atoms with Crippen LogP contribution in [0, 0.1) is 5.92 Å². The Morgan fingerprint density at radius 3 is 2.52 bits per heavy atom. The van der Waals surface area contributed by atoms with Crippen LogP contribution in [0.3, 0.4) is 0 Å². The number of hydrogen-bond acceptors (Lipinski definition) is 5. The summed E-state index contributed by atoms with van der Waals surface area (Å²) in [4.78, 5) is 38.2. The molecule has 0 spiro atoms. The molecule has 2 heterocycles. The SMILES string of the molecule is CC(C)NC(=O)NC(=O)C(C)N1CCCC(CNC(=O)C2CCCN2)C1.Cl. The maximum atomic E-state index is 12.3. The summed E-state index contributed by atoms with van der Waals surface area (Å²) in [5.41, 5.74) is 0. The standard InChI is InChI=1S/C18H33N5O3.ClH/c1-12(2)21-18(26)22-16(24)13(3)23-9-5-6-14(11-23)10-20-17(25)15-7-4-8-19-15;/h12-15,19H,4-11H2,1-3H3,(H,20,25)(H2,21,22,24,26);1H. The number of hydrogen-bond donors (Lipinski definition) is 4. The number of piperidine rings is 1. The highest BCUT2D eigenvalue weighted by molar-refractivity contribution is 5.96. The normalized spacial score (nSPS) is 24.0. The van der Waals surface area contributed by atoms with Crippen molar-refractivity contribution >= 4 is 30.3 Å². The molecule has 2 saturated heterocycles. The van der Waals surface area contributed by atoms with Crippen LogP contribution in [-0.2, 0) is 9.59 Å². The predicted molar refractivity (Wildman–Crippen MR) is 107 cm³/mol. The summed E-state index contributed by atoms with van der Waals surface area (Å²) in [5, 5.41) is 11.3. The minimum absolute atomic E-state index is 0. The second-order valence-corrected chi connectivity index (χ2v) is 7.69. The summed E-state index contributed by atoms with van der Waals surface area (Å²) < 4.78 is 0. The third kappa shape index (κ3) is 7.63. The van der Waals surface area contributed by atoms with E-state index < -0.39 is 6.03 Å². The fourth-order valence-corrected chi connectivity index (χ4v) is 3.57. The molecule has 8 nitrogen and oxygen atoms in total. The number of likely N-dealkylation sites (tertiary alicyclic amines) is 1. The average Bonchev–Trinajstić information content (AvgIpc) is 3.13. The maximum absolute atomic E-state index is 12.3. The Labute approximate surface area is 168 Å². The van der Waals surface area contributed by atoms with Gasteiger partial charge in [-0.1, -0.05) is 0 Å². The van der Waals surface area contributed by atoms with Crippen LogP contribution in [0.1, 0.15) is 46.5 Å². The van der Waals surface area contributed by atoms with Crippen LogP contribution in [0.2, 0.25) is 0 Å². The van der Waals surface area contributed by atoms with E-state index in [1.807, 2.05) is 20.8 Å². The molecule has 27 heavy (non-hydrogen) atoms. The minimum atomic E-state index is -0.457. The molecule has 0 aliphatic carbocycles. The van der Waals surface area contributed by atoms with Crippen LogP contribution in [0.25, 0.3) is 0 Å². The zero-order valence-corrected chi connectivity index (χ0v) is 17.4. The first kappa shape index (κ1) is 23.7. The third-order valence-electron chi connectivity index (χ3n) is 5.08. The molecule has 3 atom stereocenters. The smallest absolute Gasteiger partial charge is 0.321 e. The molecule has 3 unspecified atom stereocenters. The number of carbonyl (C=O) groups is 3. The zero-order chi connectivity index (χ0) is 19.1. The number of urea groups is 1. The maximum Gasteiger partial charge on any atom is 0.321 e. The molecule has 0 aromatic carbocycles. The number of halogens is 1. The first-order chi connectivity index (χ1) is 12.4. The number of imide groups is 1. The Balaban J connectivity index is 0.00000364. The lowest BCUT2D eigenvalue weighted by atomic mass is 9.96. The van der Waals surface area contributed by atoms with Gasteiger partial charge < -0.3 is 16.0 Å². The summed E-state index contributed by atoms with van der Waals surface area (Å²) >= 11 is 0. The zero-order valence-electron chi connectivity index (χ0n) is 16.5. The molecular formula is C18H34ClN5O3. The molecule has 0 aromatic rings. The Morgan fingerprint density at radius 2 is 1.89 bits per heavy atom. The molecule has 9 heteroatoms. The van der Waals surface area contributed by atoms with E-state index in [2.05, 4.69) is 26.2 Å². The van der Waals surface area contributed by atoms with Crippen molar-refractivity contribution in [2.24, 2.45) is 5.92 Å². The second kappa shape index (κ2) is 11.5. The predicted octanol–water partition coefficient (Wildman–Crippen LogP) is 0.611. The molecule has 4 N–H and O–H groups in total. The van der Waals surface area contributed by atoms with E-state index >= 15 is 0 Å². The van der Waals surface area contributed by atoms with Gasteiger partial charge in [0.1, 0.15) is 0 Å².